The quantitative estimate of drug-likeness (QED) is 0.0205. The highest BCUT2D eigenvalue weighted by Gasteiger charge is 2.30. The molecule has 0 fully saturated rings. The second-order valence-corrected chi connectivity index (χ2v) is 21.2. The summed E-state index contributed by atoms with van der Waals surface area (Å²) in [5.41, 5.74) is 0. The van der Waals surface area contributed by atoms with Gasteiger partial charge in [-0.25, -0.2) is 4.57 Å². The summed E-state index contributed by atoms with van der Waals surface area (Å²) in [5.74, 6) is -0.606. The van der Waals surface area contributed by atoms with Gasteiger partial charge in [0, 0.05) is 12.8 Å². The molecule has 0 aromatic rings. The fraction of sp³-hybridized carbons (Fsp3) is 0.729. The van der Waals surface area contributed by atoms with E-state index in [1.54, 1.807) is 0 Å². The van der Waals surface area contributed by atoms with E-state index in [0.717, 1.165) is 77.0 Å². The Morgan fingerprint density at radius 1 is 0.522 bits per heavy atom. The van der Waals surface area contributed by atoms with Gasteiger partial charge >= 0.3 is 13.8 Å². The van der Waals surface area contributed by atoms with E-state index in [1.807, 2.05) is 39.4 Å². The van der Waals surface area contributed by atoms with Crippen LogP contribution in [0.3, 0.4) is 0 Å². The van der Waals surface area contributed by atoms with Crippen LogP contribution in [0.25, 0.3) is 0 Å². The van der Waals surface area contributed by atoms with Crippen LogP contribution in [0.2, 0.25) is 0 Å². The third kappa shape index (κ3) is 49.9. The molecule has 0 saturated heterocycles. The Morgan fingerprint density at radius 2 is 0.942 bits per heavy atom. The van der Waals surface area contributed by atoms with Crippen molar-refractivity contribution in [3.8, 4) is 0 Å². The van der Waals surface area contributed by atoms with Crippen molar-refractivity contribution in [1.82, 2.24) is 5.32 Å². The maximum Gasteiger partial charge on any atom is 0.472 e. The van der Waals surface area contributed by atoms with Gasteiger partial charge in [0.1, 0.15) is 19.3 Å². The van der Waals surface area contributed by atoms with Gasteiger partial charge in [0.15, 0.2) is 0 Å². The normalized spacial score (nSPS) is 14.5. The summed E-state index contributed by atoms with van der Waals surface area (Å²) in [6.07, 6.45) is 63.0. The topological polar surface area (TPSA) is 111 Å². The molecule has 2 N–H and O–H groups in total. The highest BCUT2D eigenvalue weighted by Crippen LogP contribution is 2.43. The number of esters is 1. The maximum absolute atomic E-state index is 13.4. The minimum absolute atomic E-state index is 0.0268. The van der Waals surface area contributed by atoms with Crippen LogP contribution < -0.4 is 5.32 Å². The SMILES string of the molecule is CC/C=C\C/C=C\C/C=C\C/C=C\C/C=C\C/C=C\CCC(=O)OC(/C=C\CCCCCCCCCCCCC)C(COP(=O)(O)OCC[N+](C)(C)C)NC(=O)CCCCCCCCCCCCC. The molecule has 0 aromatic carbocycles. The average Bonchev–Trinajstić information content (AvgIpc) is 3.31. The summed E-state index contributed by atoms with van der Waals surface area (Å²) in [4.78, 5) is 37.5. The Bertz CT molecular complexity index is 1460. The van der Waals surface area contributed by atoms with Crippen LogP contribution in [0.15, 0.2) is 85.1 Å². The second-order valence-electron chi connectivity index (χ2n) is 19.7. The van der Waals surface area contributed by atoms with Crippen molar-refractivity contribution in [2.75, 3.05) is 40.9 Å². The number of ether oxygens (including phenoxy) is 1. The van der Waals surface area contributed by atoms with Gasteiger partial charge < -0.3 is 19.4 Å². The van der Waals surface area contributed by atoms with E-state index in [1.165, 1.54) is 109 Å². The summed E-state index contributed by atoms with van der Waals surface area (Å²) < 4.78 is 30.5. The number of amides is 1. The molecular formula is C59H106N2O7P+. The van der Waals surface area contributed by atoms with Gasteiger partial charge in [-0.15, -0.1) is 0 Å². The van der Waals surface area contributed by atoms with Crippen LogP contribution >= 0.6 is 7.82 Å². The maximum atomic E-state index is 13.4. The molecule has 0 rings (SSSR count). The molecule has 0 heterocycles. The Balaban J connectivity index is 5.49. The summed E-state index contributed by atoms with van der Waals surface area (Å²) in [6.45, 7) is 6.83. The van der Waals surface area contributed by atoms with Gasteiger partial charge in [-0.05, 0) is 70.3 Å². The van der Waals surface area contributed by atoms with Crippen LogP contribution in [-0.4, -0.2) is 74.3 Å². The molecule has 0 saturated carbocycles. The number of unbranched alkanes of at least 4 members (excludes halogenated alkanes) is 21. The molecule has 398 valence electrons. The first-order chi connectivity index (χ1) is 33.4. The molecule has 0 bridgehead atoms. The predicted molar refractivity (Wildman–Crippen MR) is 295 cm³/mol. The number of carbonyl (C=O) groups is 2. The lowest BCUT2D eigenvalue weighted by molar-refractivity contribution is -0.870. The zero-order chi connectivity index (χ0) is 50.8. The molecule has 0 spiro atoms. The molecule has 10 heteroatoms. The molecule has 0 aliphatic rings. The lowest BCUT2D eigenvalue weighted by atomic mass is 10.0. The number of allylic oxidation sites excluding steroid dienone is 13. The van der Waals surface area contributed by atoms with E-state index in [9.17, 15) is 19.0 Å². The van der Waals surface area contributed by atoms with Crippen molar-refractivity contribution in [2.45, 2.75) is 238 Å². The van der Waals surface area contributed by atoms with Gasteiger partial charge in [-0.2, -0.15) is 0 Å². The monoisotopic (exact) mass is 986 g/mol. The highest BCUT2D eigenvalue weighted by atomic mass is 31.2. The summed E-state index contributed by atoms with van der Waals surface area (Å²) in [6, 6.07) is -0.879. The molecule has 69 heavy (non-hydrogen) atoms. The standard InChI is InChI=1S/C59H105N2O7P/c1-7-10-13-16-19-22-25-27-28-29-30-31-32-34-37-40-43-46-49-52-59(63)68-57(50-47-44-41-38-36-33-26-23-20-17-14-11-8-2)56(55-67-69(64,65)66-54-53-61(4,5)6)60-58(62)51-48-45-42-39-35-24-21-18-15-12-9-3/h10,13,19,22,27-28,30-31,34,37,43,46-47,50,56-57H,7-9,11-12,14-18,20-21,23-26,29,32-33,35-36,38-42,44-45,48-49,51-55H2,1-6H3,(H-,60,62,64,65)/p+1/b13-10-,22-19-,28-27-,31-30-,37-34-,46-43-,50-47-. The van der Waals surface area contributed by atoms with Crippen LogP contribution in [0.5, 0.6) is 0 Å². The molecule has 0 radical (unpaired) electrons. The number of nitrogens with one attached hydrogen (secondary N) is 1. The largest absolute Gasteiger partial charge is 0.472 e. The van der Waals surface area contributed by atoms with Gasteiger partial charge in [0.25, 0.3) is 0 Å². The molecule has 3 unspecified atom stereocenters. The fourth-order valence-corrected chi connectivity index (χ4v) is 8.29. The van der Waals surface area contributed by atoms with Gasteiger partial charge in [-0.1, -0.05) is 228 Å². The zero-order valence-corrected chi connectivity index (χ0v) is 46.2. The Hall–Kier alpha value is -2.81. The van der Waals surface area contributed by atoms with Crippen molar-refractivity contribution in [3.63, 3.8) is 0 Å². The van der Waals surface area contributed by atoms with Gasteiger partial charge in [0.05, 0.1) is 33.8 Å². The van der Waals surface area contributed by atoms with E-state index < -0.39 is 25.9 Å². The molecule has 0 aromatic heterocycles. The number of likely N-dealkylation sites (N-methyl/N-ethyl adjacent to an activating group) is 1. The fourth-order valence-electron chi connectivity index (χ4n) is 7.55. The number of rotatable bonds is 49. The van der Waals surface area contributed by atoms with E-state index in [0.29, 0.717) is 23.9 Å². The van der Waals surface area contributed by atoms with Crippen molar-refractivity contribution in [1.29, 1.82) is 0 Å². The third-order valence-electron chi connectivity index (χ3n) is 11.9. The Labute approximate surface area is 425 Å². The van der Waals surface area contributed by atoms with E-state index in [2.05, 4.69) is 92.9 Å². The van der Waals surface area contributed by atoms with Gasteiger partial charge in [-0.3, -0.25) is 18.6 Å². The molecule has 0 aliphatic heterocycles. The third-order valence-corrected chi connectivity index (χ3v) is 12.8. The Morgan fingerprint density at radius 3 is 1.39 bits per heavy atom. The molecular weight excluding hydrogens is 880 g/mol. The van der Waals surface area contributed by atoms with Gasteiger partial charge in [0.2, 0.25) is 5.91 Å². The van der Waals surface area contributed by atoms with Crippen molar-refractivity contribution >= 4 is 19.7 Å². The van der Waals surface area contributed by atoms with Crippen molar-refractivity contribution in [2.24, 2.45) is 0 Å². The number of nitrogens with zero attached hydrogens (tertiary/aromatic N) is 1. The number of hydrogen-bond acceptors (Lipinski definition) is 6. The lowest BCUT2D eigenvalue weighted by Crippen LogP contribution is -2.47. The summed E-state index contributed by atoms with van der Waals surface area (Å²) in [7, 11) is 1.45. The smallest absolute Gasteiger partial charge is 0.456 e. The Kier molecular flexibility index (Phi) is 46.8. The summed E-state index contributed by atoms with van der Waals surface area (Å²) >= 11 is 0. The van der Waals surface area contributed by atoms with E-state index >= 15 is 0 Å². The van der Waals surface area contributed by atoms with Crippen LogP contribution in [0.4, 0.5) is 0 Å². The first-order valence-corrected chi connectivity index (χ1v) is 29.4. The minimum atomic E-state index is -4.46. The molecule has 1 amide bonds. The highest BCUT2D eigenvalue weighted by molar-refractivity contribution is 7.47. The minimum Gasteiger partial charge on any atom is -0.456 e. The summed E-state index contributed by atoms with van der Waals surface area (Å²) in [5, 5.41) is 3.02. The van der Waals surface area contributed by atoms with Crippen LogP contribution in [-0.2, 0) is 27.9 Å². The number of hydrogen-bond donors (Lipinski definition) is 2. The molecule has 3 atom stereocenters. The molecule has 9 nitrogen and oxygen atoms in total. The second kappa shape index (κ2) is 48.8. The first-order valence-electron chi connectivity index (χ1n) is 27.9. The van der Waals surface area contributed by atoms with Crippen LogP contribution in [0, 0.1) is 0 Å². The number of phosphoric acid groups is 1. The van der Waals surface area contributed by atoms with E-state index in [4.69, 9.17) is 13.8 Å². The first kappa shape index (κ1) is 66.2. The predicted octanol–water partition coefficient (Wildman–Crippen LogP) is 16.7. The number of quaternary nitrogens is 1. The lowest BCUT2D eigenvalue weighted by Gasteiger charge is -2.27. The van der Waals surface area contributed by atoms with Crippen molar-refractivity contribution in [3.05, 3.63) is 85.1 Å². The molecule has 0 aliphatic carbocycles. The van der Waals surface area contributed by atoms with E-state index in [-0.39, 0.29) is 25.5 Å². The van der Waals surface area contributed by atoms with Crippen LogP contribution in [0.1, 0.15) is 226 Å². The zero-order valence-electron chi connectivity index (χ0n) is 45.3. The number of phosphoric ester groups is 1. The average molecular weight is 986 g/mol. The van der Waals surface area contributed by atoms with Crippen molar-refractivity contribution < 1.29 is 37.3 Å². The number of carbonyl (C=O) groups excluding carboxylic acids is 2.